The van der Waals surface area contributed by atoms with Gasteiger partial charge in [-0.15, -0.1) is 0 Å². The Morgan fingerprint density at radius 2 is 1.70 bits per heavy atom. The summed E-state index contributed by atoms with van der Waals surface area (Å²) in [6, 6.07) is 16.5. The Bertz CT molecular complexity index is 771. The first-order chi connectivity index (χ1) is 11.1. The number of imide groups is 1. The summed E-state index contributed by atoms with van der Waals surface area (Å²) in [5.74, 6) is -0.220. The Morgan fingerprint density at radius 1 is 1.00 bits per heavy atom. The molecule has 0 spiro atoms. The summed E-state index contributed by atoms with van der Waals surface area (Å²) in [6.07, 6.45) is 2.19. The third-order valence-corrected chi connectivity index (χ3v) is 4.47. The molecule has 0 aliphatic carbocycles. The van der Waals surface area contributed by atoms with E-state index in [0.717, 1.165) is 17.3 Å². The molecule has 0 unspecified atom stereocenters. The molecule has 0 radical (unpaired) electrons. The fourth-order valence-electron chi connectivity index (χ4n) is 2.33. The molecule has 1 heterocycles. The number of aromatic hydroxyl groups is 1. The van der Waals surface area contributed by atoms with E-state index in [1.807, 2.05) is 30.3 Å². The number of hydrogen-bond donors (Lipinski definition) is 1. The van der Waals surface area contributed by atoms with E-state index < -0.39 is 0 Å². The van der Waals surface area contributed by atoms with E-state index in [0.29, 0.717) is 23.4 Å². The molecule has 1 aliphatic heterocycles. The van der Waals surface area contributed by atoms with Crippen LogP contribution in [0.3, 0.4) is 0 Å². The smallest absolute Gasteiger partial charge is 0.293 e. The Hall–Kier alpha value is -2.53. The molecule has 0 aromatic heterocycles. The van der Waals surface area contributed by atoms with Crippen molar-refractivity contribution in [1.82, 2.24) is 4.90 Å². The van der Waals surface area contributed by atoms with Gasteiger partial charge in [0.05, 0.1) is 4.91 Å². The number of phenolic OH excluding ortho intramolecular Hbond substituents is 1. The number of hydrogen-bond acceptors (Lipinski definition) is 4. The molecule has 23 heavy (non-hydrogen) atoms. The van der Waals surface area contributed by atoms with Gasteiger partial charge in [-0.05, 0) is 35.9 Å². The highest BCUT2D eigenvalue weighted by atomic mass is 32.2. The fourth-order valence-corrected chi connectivity index (χ4v) is 3.19. The van der Waals surface area contributed by atoms with Gasteiger partial charge in [0.2, 0.25) is 0 Å². The number of rotatable bonds is 4. The van der Waals surface area contributed by atoms with Crippen LogP contribution in [0.4, 0.5) is 4.79 Å². The molecular formula is C18H15NO3S. The van der Waals surface area contributed by atoms with Crippen LogP contribution in [0.2, 0.25) is 0 Å². The van der Waals surface area contributed by atoms with Crippen LogP contribution in [0, 0.1) is 0 Å². The zero-order valence-corrected chi connectivity index (χ0v) is 13.1. The summed E-state index contributed by atoms with van der Waals surface area (Å²) >= 11 is 0.908. The van der Waals surface area contributed by atoms with Gasteiger partial charge >= 0.3 is 0 Å². The van der Waals surface area contributed by atoms with Crippen molar-refractivity contribution < 1.29 is 14.7 Å². The highest BCUT2D eigenvalue weighted by Gasteiger charge is 2.34. The lowest BCUT2D eigenvalue weighted by molar-refractivity contribution is -0.122. The number of phenols is 1. The Kier molecular flexibility index (Phi) is 4.48. The zero-order chi connectivity index (χ0) is 16.2. The van der Waals surface area contributed by atoms with Gasteiger partial charge in [0.1, 0.15) is 5.75 Å². The van der Waals surface area contributed by atoms with Gasteiger partial charge in [0.15, 0.2) is 0 Å². The van der Waals surface area contributed by atoms with Crippen molar-refractivity contribution in [3.63, 3.8) is 0 Å². The van der Waals surface area contributed by atoms with Crippen LogP contribution >= 0.6 is 11.8 Å². The second-order valence-electron chi connectivity index (χ2n) is 5.13. The quantitative estimate of drug-likeness (QED) is 0.871. The molecule has 2 aromatic rings. The number of para-hydroxylation sites is 1. The van der Waals surface area contributed by atoms with Crippen molar-refractivity contribution in [2.24, 2.45) is 0 Å². The van der Waals surface area contributed by atoms with Gasteiger partial charge in [-0.25, -0.2) is 0 Å². The van der Waals surface area contributed by atoms with Crippen molar-refractivity contribution in [1.29, 1.82) is 0 Å². The van der Waals surface area contributed by atoms with E-state index in [-0.39, 0.29) is 16.9 Å². The van der Waals surface area contributed by atoms with E-state index >= 15 is 0 Å². The highest BCUT2D eigenvalue weighted by Crippen LogP contribution is 2.33. The third-order valence-electron chi connectivity index (χ3n) is 3.56. The Balaban J connectivity index is 1.74. The molecule has 2 aromatic carbocycles. The number of benzene rings is 2. The third kappa shape index (κ3) is 3.46. The maximum absolute atomic E-state index is 12.4. The van der Waals surface area contributed by atoms with E-state index in [2.05, 4.69) is 0 Å². The number of nitrogens with zero attached hydrogens (tertiary/aromatic N) is 1. The lowest BCUT2D eigenvalue weighted by Crippen LogP contribution is -2.30. The van der Waals surface area contributed by atoms with E-state index in [1.165, 1.54) is 4.90 Å². The molecule has 5 heteroatoms. The normalized spacial score (nSPS) is 16.3. The van der Waals surface area contributed by atoms with Gasteiger partial charge < -0.3 is 5.11 Å². The average molecular weight is 325 g/mol. The summed E-state index contributed by atoms with van der Waals surface area (Å²) in [5, 5.41) is 9.51. The Morgan fingerprint density at radius 3 is 2.43 bits per heavy atom. The monoisotopic (exact) mass is 325 g/mol. The minimum atomic E-state index is -0.306. The fraction of sp³-hybridized carbons (Fsp3) is 0.111. The maximum Gasteiger partial charge on any atom is 0.293 e. The average Bonchev–Trinajstić information content (AvgIpc) is 2.82. The van der Waals surface area contributed by atoms with Crippen LogP contribution in [0.25, 0.3) is 6.08 Å². The molecular weight excluding hydrogens is 310 g/mol. The van der Waals surface area contributed by atoms with E-state index in [1.54, 1.807) is 30.3 Å². The lowest BCUT2D eigenvalue weighted by Gasteiger charge is -2.12. The first kappa shape index (κ1) is 15.4. The summed E-state index contributed by atoms with van der Waals surface area (Å²) in [6.45, 7) is 0.354. The maximum atomic E-state index is 12.4. The van der Waals surface area contributed by atoms with Gasteiger partial charge in [-0.1, -0.05) is 48.5 Å². The molecule has 116 valence electrons. The molecule has 4 nitrogen and oxygen atoms in total. The second kappa shape index (κ2) is 6.71. The zero-order valence-electron chi connectivity index (χ0n) is 12.3. The van der Waals surface area contributed by atoms with Crippen molar-refractivity contribution in [3.8, 4) is 5.75 Å². The minimum Gasteiger partial charge on any atom is -0.507 e. The van der Waals surface area contributed by atoms with Crippen LogP contribution in [0.15, 0.2) is 59.5 Å². The largest absolute Gasteiger partial charge is 0.507 e. The van der Waals surface area contributed by atoms with Crippen molar-refractivity contribution in [2.45, 2.75) is 6.42 Å². The molecule has 1 N–H and O–H groups in total. The van der Waals surface area contributed by atoms with Crippen molar-refractivity contribution in [2.75, 3.05) is 6.54 Å². The van der Waals surface area contributed by atoms with Gasteiger partial charge in [0, 0.05) is 12.1 Å². The first-order valence-electron chi connectivity index (χ1n) is 7.22. The van der Waals surface area contributed by atoms with E-state index in [9.17, 15) is 14.7 Å². The number of thioether (sulfide) groups is 1. The molecule has 0 saturated carbocycles. The topological polar surface area (TPSA) is 57.6 Å². The standard InChI is InChI=1S/C18H15NO3S/c20-15-9-5-4-8-14(15)12-16-17(21)19(18(22)23-16)11-10-13-6-2-1-3-7-13/h1-9,12,20H,10-11H2/b16-12-. The summed E-state index contributed by atoms with van der Waals surface area (Å²) in [7, 11) is 0. The molecule has 1 saturated heterocycles. The summed E-state index contributed by atoms with van der Waals surface area (Å²) in [5.41, 5.74) is 1.61. The van der Waals surface area contributed by atoms with Crippen molar-refractivity contribution >= 4 is 29.0 Å². The number of carbonyl (C=O) groups excluding carboxylic acids is 2. The van der Waals surface area contributed by atoms with Crippen LogP contribution in [0.1, 0.15) is 11.1 Å². The SMILES string of the molecule is O=C1S/C(=C\c2ccccc2O)C(=O)N1CCc1ccccc1. The number of amides is 2. The van der Waals surface area contributed by atoms with Crippen molar-refractivity contribution in [3.05, 3.63) is 70.6 Å². The predicted octanol–water partition coefficient (Wildman–Crippen LogP) is 3.67. The van der Waals surface area contributed by atoms with Crippen LogP contribution in [0.5, 0.6) is 5.75 Å². The van der Waals surface area contributed by atoms with Gasteiger partial charge in [-0.2, -0.15) is 0 Å². The number of carbonyl (C=O) groups is 2. The summed E-state index contributed by atoms with van der Waals surface area (Å²) in [4.78, 5) is 26.0. The second-order valence-corrected chi connectivity index (χ2v) is 6.12. The van der Waals surface area contributed by atoms with E-state index in [4.69, 9.17) is 0 Å². The predicted molar refractivity (Wildman–Crippen MR) is 90.9 cm³/mol. The van der Waals surface area contributed by atoms with Crippen LogP contribution in [-0.2, 0) is 11.2 Å². The molecule has 1 fully saturated rings. The molecule has 2 amide bonds. The minimum absolute atomic E-state index is 0.0867. The molecule has 1 aliphatic rings. The van der Waals surface area contributed by atoms with Crippen LogP contribution < -0.4 is 0 Å². The molecule has 0 atom stereocenters. The Labute approximate surface area is 138 Å². The lowest BCUT2D eigenvalue weighted by atomic mass is 10.1. The highest BCUT2D eigenvalue weighted by molar-refractivity contribution is 8.18. The first-order valence-corrected chi connectivity index (χ1v) is 8.04. The van der Waals surface area contributed by atoms with Gasteiger partial charge in [-0.3, -0.25) is 14.5 Å². The van der Waals surface area contributed by atoms with Crippen LogP contribution in [-0.4, -0.2) is 27.7 Å². The summed E-state index contributed by atoms with van der Waals surface area (Å²) < 4.78 is 0. The molecule has 0 bridgehead atoms. The van der Waals surface area contributed by atoms with Gasteiger partial charge in [0.25, 0.3) is 11.1 Å². The molecule has 3 rings (SSSR count).